The van der Waals surface area contributed by atoms with E-state index in [0.29, 0.717) is 5.56 Å². The van der Waals surface area contributed by atoms with E-state index < -0.39 is 34.9 Å². The molecule has 0 radical (unpaired) electrons. The highest BCUT2D eigenvalue weighted by Gasteiger charge is 2.65. The quantitative estimate of drug-likeness (QED) is 0.683. The molecule has 1 saturated carbocycles. The molecule has 1 aromatic carbocycles. The van der Waals surface area contributed by atoms with Gasteiger partial charge in [-0.05, 0) is 30.0 Å². The Balaban J connectivity index is 1.77. The molecule has 3 N–H and O–H groups in total. The predicted molar refractivity (Wildman–Crippen MR) is 84.9 cm³/mol. The number of hydrogen-bond acceptors (Lipinski definition) is 3. The summed E-state index contributed by atoms with van der Waals surface area (Å²) < 4.78 is 13.4. The van der Waals surface area contributed by atoms with E-state index in [-0.39, 0.29) is 24.6 Å². The Bertz CT molecular complexity index is 687. The molecule has 24 heavy (non-hydrogen) atoms. The number of rotatable bonds is 6. The summed E-state index contributed by atoms with van der Waals surface area (Å²) in [5.41, 5.74) is 0.107. The lowest BCUT2D eigenvalue weighted by atomic mass is 10.1. The number of carboxylic acid groups (broad SMARTS) is 1. The summed E-state index contributed by atoms with van der Waals surface area (Å²) in [7, 11) is 0. The van der Waals surface area contributed by atoms with Crippen molar-refractivity contribution >= 4 is 17.8 Å². The summed E-state index contributed by atoms with van der Waals surface area (Å²) in [4.78, 5) is 34.9. The van der Waals surface area contributed by atoms with E-state index in [1.807, 2.05) is 0 Å². The molecule has 1 aliphatic rings. The molecule has 0 saturated heterocycles. The predicted octanol–water partition coefficient (Wildman–Crippen LogP) is 1.34. The van der Waals surface area contributed by atoms with E-state index in [1.165, 1.54) is 12.1 Å². The molecule has 0 bridgehead atoms. The molecule has 0 aromatic heterocycles. The van der Waals surface area contributed by atoms with Gasteiger partial charge in [0.05, 0.1) is 11.8 Å². The Kier molecular flexibility index (Phi) is 4.91. The van der Waals surface area contributed by atoms with Crippen molar-refractivity contribution in [3.8, 4) is 0 Å². The number of benzene rings is 1. The Labute approximate surface area is 139 Å². The minimum absolute atomic E-state index is 0.172. The van der Waals surface area contributed by atoms with Gasteiger partial charge in [-0.3, -0.25) is 14.4 Å². The molecule has 7 heteroatoms. The van der Waals surface area contributed by atoms with Crippen LogP contribution in [0, 0.1) is 30.0 Å². The highest BCUT2D eigenvalue weighted by atomic mass is 19.1. The van der Waals surface area contributed by atoms with Gasteiger partial charge in [0, 0.05) is 18.7 Å². The van der Waals surface area contributed by atoms with E-state index in [0.717, 1.165) is 6.07 Å². The fourth-order valence-electron chi connectivity index (χ4n) is 2.90. The third-order valence-electron chi connectivity index (χ3n) is 4.52. The molecule has 0 heterocycles. The largest absolute Gasteiger partial charge is 0.481 e. The topological polar surface area (TPSA) is 95.5 Å². The minimum Gasteiger partial charge on any atom is -0.481 e. The van der Waals surface area contributed by atoms with Crippen LogP contribution in [0.25, 0.3) is 0 Å². The van der Waals surface area contributed by atoms with E-state index >= 15 is 0 Å². The van der Waals surface area contributed by atoms with Crippen LogP contribution in [0.15, 0.2) is 18.2 Å². The lowest BCUT2D eigenvalue weighted by Crippen LogP contribution is -2.36. The lowest BCUT2D eigenvalue weighted by molar-refractivity contribution is -0.140. The van der Waals surface area contributed by atoms with Crippen molar-refractivity contribution in [1.82, 2.24) is 10.6 Å². The number of carbonyl (C=O) groups is 3. The van der Waals surface area contributed by atoms with Gasteiger partial charge in [-0.15, -0.1) is 0 Å². The molecular weight excluding hydrogens is 315 g/mol. The second-order valence-corrected chi connectivity index (χ2v) is 6.63. The van der Waals surface area contributed by atoms with Crippen molar-refractivity contribution in [2.45, 2.75) is 20.8 Å². The maximum atomic E-state index is 13.4. The van der Waals surface area contributed by atoms with Gasteiger partial charge < -0.3 is 15.7 Å². The maximum absolute atomic E-state index is 13.4. The van der Waals surface area contributed by atoms with Gasteiger partial charge in [0.25, 0.3) is 5.91 Å². The summed E-state index contributed by atoms with van der Waals surface area (Å²) in [6.45, 7) is 5.44. The van der Waals surface area contributed by atoms with Crippen molar-refractivity contribution in [3.63, 3.8) is 0 Å². The normalized spacial score (nSPS) is 21.0. The molecule has 1 aliphatic carbocycles. The Morgan fingerprint density at radius 3 is 2.33 bits per heavy atom. The SMILES string of the molecule is Cc1ccc(C(=O)NCCNC(=O)[C@@H]2[C@H](C(=O)O)C2(C)C)cc1F. The summed E-state index contributed by atoms with van der Waals surface area (Å²) in [5.74, 6) is -3.43. The van der Waals surface area contributed by atoms with Crippen LogP contribution in [-0.4, -0.2) is 36.0 Å². The third kappa shape index (κ3) is 3.55. The van der Waals surface area contributed by atoms with Gasteiger partial charge in [0.1, 0.15) is 5.82 Å². The van der Waals surface area contributed by atoms with Crippen LogP contribution in [-0.2, 0) is 9.59 Å². The van der Waals surface area contributed by atoms with Crippen LogP contribution in [0.2, 0.25) is 0 Å². The molecule has 130 valence electrons. The van der Waals surface area contributed by atoms with Crippen LogP contribution >= 0.6 is 0 Å². The number of aryl methyl sites for hydroxylation is 1. The van der Waals surface area contributed by atoms with Gasteiger partial charge in [0.15, 0.2) is 0 Å². The molecule has 0 spiro atoms. The van der Waals surface area contributed by atoms with Crippen LogP contribution in [0.3, 0.4) is 0 Å². The van der Waals surface area contributed by atoms with E-state index in [1.54, 1.807) is 20.8 Å². The molecule has 1 fully saturated rings. The molecule has 1 aromatic rings. The zero-order chi connectivity index (χ0) is 18.1. The van der Waals surface area contributed by atoms with Crippen molar-refractivity contribution < 1.29 is 23.9 Å². The number of carbonyl (C=O) groups excluding carboxylic acids is 2. The second-order valence-electron chi connectivity index (χ2n) is 6.63. The number of hydrogen-bond donors (Lipinski definition) is 3. The highest BCUT2D eigenvalue weighted by molar-refractivity contribution is 5.94. The molecule has 0 aliphatic heterocycles. The van der Waals surface area contributed by atoms with Gasteiger partial charge in [-0.2, -0.15) is 0 Å². The fraction of sp³-hybridized carbons (Fsp3) is 0.471. The number of halogens is 1. The number of aliphatic carboxylic acids is 1. The van der Waals surface area contributed by atoms with Gasteiger partial charge in [-0.25, -0.2) is 4.39 Å². The molecule has 2 amide bonds. The lowest BCUT2D eigenvalue weighted by Gasteiger charge is -2.08. The van der Waals surface area contributed by atoms with Crippen molar-refractivity contribution in [2.75, 3.05) is 13.1 Å². The Morgan fingerprint density at radius 1 is 1.17 bits per heavy atom. The third-order valence-corrected chi connectivity index (χ3v) is 4.52. The second kappa shape index (κ2) is 6.59. The first-order valence-electron chi connectivity index (χ1n) is 7.71. The van der Waals surface area contributed by atoms with Crippen molar-refractivity contribution in [3.05, 3.63) is 35.1 Å². The fourth-order valence-corrected chi connectivity index (χ4v) is 2.90. The van der Waals surface area contributed by atoms with E-state index in [9.17, 15) is 18.8 Å². The molecule has 2 rings (SSSR count). The summed E-state index contributed by atoms with van der Waals surface area (Å²) >= 11 is 0. The smallest absolute Gasteiger partial charge is 0.307 e. The molecular formula is C17H21FN2O4. The van der Waals surface area contributed by atoms with Gasteiger partial charge in [0.2, 0.25) is 5.91 Å². The average Bonchev–Trinajstić information content (AvgIpc) is 3.09. The average molecular weight is 336 g/mol. The molecule has 6 nitrogen and oxygen atoms in total. The van der Waals surface area contributed by atoms with Crippen molar-refractivity contribution in [1.29, 1.82) is 0 Å². The van der Waals surface area contributed by atoms with E-state index in [2.05, 4.69) is 10.6 Å². The Hall–Kier alpha value is -2.44. The monoisotopic (exact) mass is 336 g/mol. The van der Waals surface area contributed by atoms with Crippen LogP contribution in [0.4, 0.5) is 4.39 Å². The maximum Gasteiger partial charge on any atom is 0.307 e. The van der Waals surface area contributed by atoms with Crippen molar-refractivity contribution in [2.24, 2.45) is 17.3 Å². The summed E-state index contributed by atoms with van der Waals surface area (Å²) in [6, 6.07) is 4.21. The van der Waals surface area contributed by atoms with Gasteiger partial charge >= 0.3 is 5.97 Å². The number of amides is 2. The molecule has 2 atom stereocenters. The number of nitrogens with one attached hydrogen (secondary N) is 2. The molecule has 0 unspecified atom stereocenters. The zero-order valence-electron chi connectivity index (χ0n) is 13.9. The Morgan fingerprint density at radius 2 is 1.79 bits per heavy atom. The van der Waals surface area contributed by atoms with Crippen LogP contribution < -0.4 is 10.6 Å². The summed E-state index contributed by atoms with van der Waals surface area (Å²) in [6.07, 6.45) is 0. The van der Waals surface area contributed by atoms with E-state index in [4.69, 9.17) is 5.11 Å². The zero-order valence-corrected chi connectivity index (χ0v) is 13.9. The number of carboxylic acids is 1. The van der Waals surface area contributed by atoms with Gasteiger partial charge in [-0.1, -0.05) is 19.9 Å². The first-order chi connectivity index (χ1) is 11.2. The van der Waals surface area contributed by atoms with Crippen LogP contribution in [0.5, 0.6) is 0 Å². The first-order valence-corrected chi connectivity index (χ1v) is 7.71. The minimum atomic E-state index is -0.977. The standard InChI is InChI=1S/C17H21FN2O4/c1-9-4-5-10(8-11(9)18)14(21)19-6-7-20-15(22)12-13(16(23)24)17(12,2)3/h4-5,8,12-13H,6-7H2,1-3H3,(H,19,21)(H,20,22)(H,23,24)/t12-,13+/m0/s1. The highest BCUT2D eigenvalue weighted by Crippen LogP contribution is 2.58. The van der Waals surface area contributed by atoms with Crippen LogP contribution in [0.1, 0.15) is 29.8 Å². The summed E-state index contributed by atoms with van der Waals surface area (Å²) in [5, 5.41) is 14.3. The first kappa shape index (κ1) is 17.9.